The van der Waals surface area contributed by atoms with Crippen LogP contribution in [0.15, 0.2) is 55.6 Å². The molecule has 0 spiro atoms. The molecule has 0 bridgehead atoms. The summed E-state index contributed by atoms with van der Waals surface area (Å²) < 4.78 is 7.33. The number of aromatic nitrogens is 4. The summed E-state index contributed by atoms with van der Waals surface area (Å²) in [6.45, 7) is 3.23. The van der Waals surface area contributed by atoms with Gasteiger partial charge in [0.05, 0.1) is 12.9 Å². The standard InChI is InChI=1S/C20H21N5O5/c1-2-8-20(16(28)15(27)13(9-26)30-20)25-11-23-14-17(21-10-22-18(14)25)24-19(29)12-6-4-3-5-7-12/h2-7,10-11,13,15-16,26-28H,1,8-9H2,(H,21,22,24,29)/t13-,15-,16-,20-/m1/s1. The van der Waals surface area contributed by atoms with Crippen molar-refractivity contribution in [1.82, 2.24) is 19.5 Å². The Morgan fingerprint density at radius 3 is 2.70 bits per heavy atom. The van der Waals surface area contributed by atoms with Gasteiger partial charge in [0.15, 0.2) is 22.7 Å². The van der Waals surface area contributed by atoms with Crippen LogP contribution in [0.2, 0.25) is 0 Å². The summed E-state index contributed by atoms with van der Waals surface area (Å²) in [5.41, 5.74) is -0.462. The highest BCUT2D eigenvalue weighted by Crippen LogP contribution is 2.40. The van der Waals surface area contributed by atoms with Crippen LogP contribution in [0.1, 0.15) is 16.8 Å². The van der Waals surface area contributed by atoms with E-state index in [2.05, 4.69) is 26.8 Å². The number of benzene rings is 1. The molecule has 4 atom stereocenters. The maximum Gasteiger partial charge on any atom is 0.256 e. The fourth-order valence-electron chi connectivity index (χ4n) is 3.66. The van der Waals surface area contributed by atoms with E-state index in [1.165, 1.54) is 23.3 Å². The molecule has 2 aromatic heterocycles. The molecule has 0 unspecified atom stereocenters. The van der Waals surface area contributed by atoms with E-state index < -0.39 is 30.6 Å². The first-order chi connectivity index (χ1) is 14.5. The number of amides is 1. The zero-order valence-corrected chi connectivity index (χ0v) is 15.9. The first-order valence-electron chi connectivity index (χ1n) is 9.32. The van der Waals surface area contributed by atoms with Gasteiger partial charge in [-0.15, -0.1) is 6.58 Å². The minimum absolute atomic E-state index is 0.114. The lowest BCUT2D eigenvalue weighted by molar-refractivity contribution is -0.143. The van der Waals surface area contributed by atoms with Crippen LogP contribution in [0.4, 0.5) is 5.82 Å². The highest BCUT2D eigenvalue weighted by Gasteiger charge is 2.55. The highest BCUT2D eigenvalue weighted by molar-refractivity contribution is 6.06. The first kappa shape index (κ1) is 20.1. The SMILES string of the molecule is C=CC[C@@]1(n2cnc3c(NC(=O)c4ccccc4)ncnc32)O[C@H](CO)[C@@H](O)[C@H]1O. The molecule has 1 aliphatic heterocycles. The normalized spacial score (nSPS) is 26.0. The maximum absolute atomic E-state index is 12.5. The van der Waals surface area contributed by atoms with Crippen molar-refractivity contribution >= 4 is 22.9 Å². The van der Waals surface area contributed by atoms with Gasteiger partial charge >= 0.3 is 0 Å². The average molecular weight is 411 g/mol. The van der Waals surface area contributed by atoms with Crippen LogP contribution in [0.25, 0.3) is 11.2 Å². The van der Waals surface area contributed by atoms with E-state index in [0.717, 1.165) is 0 Å². The lowest BCUT2D eigenvalue weighted by Gasteiger charge is -2.32. The topological polar surface area (TPSA) is 143 Å². The lowest BCUT2D eigenvalue weighted by Crippen LogP contribution is -2.45. The molecule has 30 heavy (non-hydrogen) atoms. The van der Waals surface area contributed by atoms with Crippen molar-refractivity contribution in [3.63, 3.8) is 0 Å². The van der Waals surface area contributed by atoms with Crippen LogP contribution in [0, 0.1) is 0 Å². The zero-order valence-electron chi connectivity index (χ0n) is 15.9. The van der Waals surface area contributed by atoms with Gasteiger partial charge in [0.1, 0.15) is 24.6 Å². The predicted molar refractivity (Wildman–Crippen MR) is 106 cm³/mol. The molecule has 1 amide bonds. The zero-order chi connectivity index (χ0) is 21.3. The summed E-state index contributed by atoms with van der Waals surface area (Å²) in [6, 6.07) is 8.65. The first-order valence-corrected chi connectivity index (χ1v) is 9.32. The Balaban J connectivity index is 1.75. The van der Waals surface area contributed by atoms with Crippen LogP contribution in [-0.2, 0) is 10.5 Å². The minimum Gasteiger partial charge on any atom is -0.394 e. The molecule has 0 saturated carbocycles. The summed E-state index contributed by atoms with van der Waals surface area (Å²) in [6.07, 6.45) is 0.607. The van der Waals surface area contributed by atoms with Crippen molar-refractivity contribution in [2.75, 3.05) is 11.9 Å². The second kappa shape index (κ2) is 7.92. The van der Waals surface area contributed by atoms with Gasteiger partial charge < -0.3 is 25.4 Å². The number of fused-ring (bicyclic) bond motifs is 1. The van der Waals surface area contributed by atoms with Crippen LogP contribution < -0.4 is 5.32 Å². The highest BCUT2D eigenvalue weighted by atomic mass is 16.6. The third-order valence-corrected chi connectivity index (χ3v) is 5.15. The molecule has 1 fully saturated rings. The molecule has 1 aromatic carbocycles. The molecule has 4 N–H and O–H groups in total. The average Bonchev–Trinajstić information content (AvgIpc) is 3.31. The number of carbonyl (C=O) groups is 1. The molecule has 10 nitrogen and oxygen atoms in total. The third kappa shape index (κ3) is 3.15. The van der Waals surface area contributed by atoms with Gasteiger partial charge in [-0.1, -0.05) is 24.3 Å². The molecule has 0 radical (unpaired) electrons. The van der Waals surface area contributed by atoms with E-state index >= 15 is 0 Å². The van der Waals surface area contributed by atoms with Crippen molar-refractivity contribution in [3.8, 4) is 0 Å². The monoisotopic (exact) mass is 411 g/mol. The molecule has 10 heteroatoms. The minimum atomic E-state index is -1.47. The number of anilines is 1. The molecule has 0 aliphatic carbocycles. The van der Waals surface area contributed by atoms with E-state index in [1.54, 1.807) is 30.3 Å². The Morgan fingerprint density at radius 2 is 2.03 bits per heavy atom. The van der Waals surface area contributed by atoms with Crippen LogP contribution in [-0.4, -0.2) is 65.7 Å². The quantitative estimate of drug-likeness (QED) is 0.428. The summed E-state index contributed by atoms with van der Waals surface area (Å²) in [4.78, 5) is 25.2. The number of ether oxygens (including phenoxy) is 1. The number of nitrogens with zero attached hydrogens (tertiary/aromatic N) is 4. The second-order valence-corrected chi connectivity index (χ2v) is 6.94. The molecule has 156 valence electrons. The maximum atomic E-state index is 12.5. The molecule has 3 heterocycles. The molecular formula is C20H21N5O5. The van der Waals surface area contributed by atoms with Crippen molar-refractivity contribution in [2.24, 2.45) is 0 Å². The predicted octanol–water partition coefficient (Wildman–Crippen LogP) is 0.420. The number of hydrogen-bond acceptors (Lipinski definition) is 8. The Morgan fingerprint density at radius 1 is 1.27 bits per heavy atom. The lowest BCUT2D eigenvalue weighted by atomic mass is 9.99. The van der Waals surface area contributed by atoms with Crippen molar-refractivity contribution in [1.29, 1.82) is 0 Å². The number of aliphatic hydroxyl groups excluding tert-OH is 3. The fraction of sp³-hybridized carbons (Fsp3) is 0.300. The summed E-state index contributed by atoms with van der Waals surface area (Å²) in [7, 11) is 0. The molecule has 1 saturated heterocycles. The Labute approximate surface area is 171 Å². The van der Waals surface area contributed by atoms with E-state index in [-0.39, 0.29) is 29.3 Å². The molecule has 3 aromatic rings. The largest absolute Gasteiger partial charge is 0.394 e. The number of imidazole rings is 1. The molecule has 4 rings (SSSR count). The molecule has 1 aliphatic rings. The van der Waals surface area contributed by atoms with Crippen molar-refractivity contribution < 1.29 is 24.9 Å². The number of nitrogens with one attached hydrogen (secondary N) is 1. The summed E-state index contributed by atoms with van der Waals surface area (Å²) in [5.74, 6) is -0.174. The number of hydrogen-bond donors (Lipinski definition) is 4. The van der Waals surface area contributed by atoms with Crippen LogP contribution >= 0.6 is 0 Å². The van der Waals surface area contributed by atoms with Crippen LogP contribution in [0.5, 0.6) is 0 Å². The fourth-order valence-corrected chi connectivity index (χ4v) is 3.66. The van der Waals surface area contributed by atoms with E-state index in [0.29, 0.717) is 5.56 Å². The summed E-state index contributed by atoms with van der Waals surface area (Å²) >= 11 is 0. The van der Waals surface area contributed by atoms with Gasteiger partial charge in [0.25, 0.3) is 5.91 Å². The number of aliphatic hydroxyl groups is 3. The van der Waals surface area contributed by atoms with Gasteiger partial charge in [-0.3, -0.25) is 9.36 Å². The smallest absolute Gasteiger partial charge is 0.256 e. The van der Waals surface area contributed by atoms with Gasteiger partial charge in [-0.05, 0) is 12.1 Å². The van der Waals surface area contributed by atoms with E-state index in [9.17, 15) is 20.1 Å². The Hall–Kier alpha value is -3.18. The third-order valence-electron chi connectivity index (χ3n) is 5.15. The number of rotatable bonds is 6. The summed E-state index contributed by atoms with van der Waals surface area (Å²) in [5, 5.41) is 33.2. The van der Waals surface area contributed by atoms with E-state index in [1.807, 2.05) is 0 Å². The van der Waals surface area contributed by atoms with Crippen molar-refractivity contribution in [2.45, 2.75) is 30.5 Å². The molecular weight excluding hydrogens is 390 g/mol. The van der Waals surface area contributed by atoms with Gasteiger partial charge in [0, 0.05) is 12.0 Å². The van der Waals surface area contributed by atoms with Gasteiger partial charge in [-0.25, -0.2) is 15.0 Å². The van der Waals surface area contributed by atoms with Gasteiger partial charge in [-0.2, -0.15) is 0 Å². The van der Waals surface area contributed by atoms with Gasteiger partial charge in [0.2, 0.25) is 0 Å². The van der Waals surface area contributed by atoms with Crippen molar-refractivity contribution in [3.05, 3.63) is 61.2 Å². The Bertz CT molecular complexity index is 1070. The van der Waals surface area contributed by atoms with E-state index in [4.69, 9.17) is 4.74 Å². The van der Waals surface area contributed by atoms with Crippen LogP contribution in [0.3, 0.4) is 0 Å². The number of carbonyl (C=O) groups excluding carboxylic acids is 1. The second-order valence-electron chi connectivity index (χ2n) is 6.94. The Kier molecular flexibility index (Phi) is 5.31.